The molecule has 5 nitrogen and oxygen atoms in total. The molecule has 1 aliphatic carbocycles. The van der Waals surface area contributed by atoms with Gasteiger partial charge in [0.25, 0.3) is 5.56 Å². The highest BCUT2D eigenvalue weighted by molar-refractivity contribution is 5.93. The number of likely N-dealkylation sites (tertiary alicyclic amines) is 1. The molecule has 1 N–H and O–H groups in total. The van der Waals surface area contributed by atoms with Crippen LogP contribution in [0.3, 0.4) is 0 Å². The van der Waals surface area contributed by atoms with E-state index in [4.69, 9.17) is 0 Å². The second-order valence-corrected chi connectivity index (χ2v) is 9.62. The van der Waals surface area contributed by atoms with Gasteiger partial charge in [0.2, 0.25) is 5.91 Å². The molecule has 0 spiro atoms. The van der Waals surface area contributed by atoms with Crippen molar-refractivity contribution in [3.63, 3.8) is 0 Å². The Morgan fingerprint density at radius 1 is 1.20 bits per heavy atom. The number of pyridine rings is 1. The molecule has 1 atom stereocenters. The molecule has 1 aromatic carbocycles. The molecule has 0 radical (unpaired) electrons. The summed E-state index contributed by atoms with van der Waals surface area (Å²) in [4.78, 5) is 27.5. The third kappa shape index (κ3) is 4.94. The summed E-state index contributed by atoms with van der Waals surface area (Å²) in [5, 5.41) is 3.69. The summed E-state index contributed by atoms with van der Waals surface area (Å²) in [6.45, 7) is 4.16. The summed E-state index contributed by atoms with van der Waals surface area (Å²) in [6.07, 6.45) is 3.34. The Morgan fingerprint density at radius 3 is 2.49 bits per heavy atom. The minimum absolute atomic E-state index is 0.0172. The Kier molecular flexibility index (Phi) is 6.95. The number of rotatable bonds is 5. The van der Waals surface area contributed by atoms with Crippen molar-refractivity contribution in [2.75, 3.05) is 26.7 Å². The van der Waals surface area contributed by atoms with E-state index in [0.29, 0.717) is 38.9 Å². The van der Waals surface area contributed by atoms with Crippen LogP contribution in [-0.4, -0.2) is 48.2 Å². The maximum absolute atomic E-state index is 13.1. The molecule has 1 aromatic heterocycles. The maximum Gasteiger partial charge on any atom is 0.401 e. The number of fused-ring (bicyclic) bond motifs is 1. The number of nitrogens with one attached hydrogen (secondary N) is 1. The Morgan fingerprint density at radius 2 is 1.91 bits per heavy atom. The molecule has 2 aromatic rings. The minimum atomic E-state index is -4.22. The molecule has 1 unspecified atom stereocenters. The number of benzene rings is 1. The molecule has 1 saturated heterocycles. The van der Waals surface area contributed by atoms with Gasteiger partial charge in [-0.05, 0) is 75.4 Å². The van der Waals surface area contributed by atoms with Crippen LogP contribution < -0.4 is 10.9 Å². The van der Waals surface area contributed by atoms with E-state index in [2.05, 4.69) is 5.32 Å². The van der Waals surface area contributed by atoms with E-state index in [9.17, 15) is 22.8 Å². The largest absolute Gasteiger partial charge is 0.401 e. The van der Waals surface area contributed by atoms with Gasteiger partial charge in [-0.15, -0.1) is 0 Å². The standard InChI is InChI=1S/C27H32F3N3O2/c1-4-33-23-6-5-20(26(25(35)31-3)11-7-18(2)8-12-26)15-22(23)21(16-24(33)34)19-9-13-32(14-10-19)17-27(28,29)30/h5-8,11,15-16,19H,4,9-10,12-14,17H2,1-3H3,(H,31,35). The number of likely N-dealkylation sites (N-methyl/N-ethyl adjacent to an activating group) is 1. The number of aryl methyl sites for hydroxylation is 1. The van der Waals surface area contributed by atoms with Crippen LogP contribution in [0.5, 0.6) is 0 Å². The summed E-state index contributed by atoms with van der Waals surface area (Å²) >= 11 is 0. The zero-order valence-electron chi connectivity index (χ0n) is 20.4. The van der Waals surface area contributed by atoms with E-state index in [1.54, 1.807) is 17.7 Å². The quantitative estimate of drug-likeness (QED) is 0.668. The molecule has 0 saturated carbocycles. The van der Waals surface area contributed by atoms with Gasteiger partial charge in [0.15, 0.2) is 0 Å². The number of amides is 1. The van der Waals surface area contributed by atoms with Crippen LogP contribution in [0.15, 0.2) is 52.9 Å². The van der Waals surface area contributed by atoms with Crippen molar-refractivity contribution in [3.8, 4) is 0 Å². The fourth-order valence-corrected chi connectivity index (χ4v) is 5.48. The average molecular weight is 488 g/mol. The fourth-order valence-electron chi connectivity index (χ4n) is 5.48. The van der Waals surface area contributed by atoms with Crippen LogP contribution in [0.25, 0.3) is 10.9 Å². The molecule has 8 heteroatoms. The van der Waals surface area contributed by atoms with E-state index < -0.39 is 18.1 Å². The highest BCUT2D eigenvalue weighted by atomic mass is 19.4. The van der Waals surface area contributed by atoms with Crippen molar-refractivity contribution in [1.82, 2.24) is 14.8 Å². The molecule has 0 bridgehead atoms. The Labute approximate surface area is 203 Å². The Bertz CT molecular complexity index is 1240. The van der Waals surface area contributed by atoms with Crippen molar-refractivity contribution >= 4 is 16.8 Å². The van der Waals surface area contributed by atoms with Crippen LogP contribution in [0, 0.1) is 0 Å². The van der Waals surface area contributed by atoms with Crippen LogP contribution in [-0.2, 0) is 16.8 Å². The molecular weight excluding hydrogens is 455 g/mol. The summed E-state index contributed by atoms with van der Waals surface area (Å²) < 4.78 is 40.3. The number of hydrogen-bond acceptors (Lipinski definition) is 3. The number of halogens is 3. The van der Waals surface area contributed by atoms with Crippen molar-refractivity contribution in [2.45, 2.75) is 57.2 Å². The number of nitrogens with zero attached hydrogens (tertiary/aromatic N) is 2. The number of carbonyl (C=O) groups excluding carboxylic acids is 1. The first-order chi connectivity index (χ1) is 16.6. The fraction of sp³-hybridized carbons (Fsp3) is 0.481. The van der Waals surface area contributed by atoms with E-state index in [0.717, 1.165) is 27.6 Å². The van der Waals surface area contributed by atoms with Gasteiger partial charge in [0, 0.05) is 25.0 Å². The van der Waals surface area contributed by atoms with Gasteiger partial charge in [0.05, 0.1) is 17.5 Å². The number of alkyl halides is 3. The molecule has 188 valence electrons. The summed E-state index contributed by atoms with van der Waals surface area (Å²) in [5.41, 5.74) is 2.61. The first kappa shape index (κ1) is 25.2. The topological polar surface area (TPSA) is 54.3 Å². The van der Waals surface area contributed by atoms with E-state index >= 15 is 0 Å². The lowest BCUT2D eigenvalue weighted by atomic mass is 9.73. The van der Waals surface area contributed by atoms with Crippen molar-refractivity contribution in [2.24, 2.45) is 0 Å². The first-order valence-corrected chi connectivity index (χ1v) is 12.1. The second kappa shape index (κ2) is 9.64. The van der Waals surface area contributed by atoms with Crippen molar-refractivity contribution < 1.29 is 18.0 Å². The van der Waals surface area contributed by atoms with E-state index in [1.165, 1.54) is 4.90 Å². The molecule has 4 rings (SSSR count). The molecule has 1 amide bonds. The molecule has 35 heavy (non-hydrogen) atoms. The normalized spacial score (nSPS) is 21.8. The predicted octanol–water partition coefficient (Wildman–Crippen LogP) is 4.65. The maximum atomic E-state index is 13.1. The van der Waals surface area contributed by atoms with Gasteiger partial charge >= 0.3 is 6.18 Å². The van der Waals surface area contributed by atoms with Crippen molar-refractivity contribution in [1.29, 1.82) is 0 Å². The van der Waals surface area contributed by atoms with Crippen LogP contribution >= 0.6 is 0 Å². The smallest absolute Gasteiger partial charge is 0.358 e. The molecule has 1 fully saturated rings. The van der Waals surface area contributed by atoms with Gasteiger partial charge in [-0.25, -0.2) is 0 Å². The van der Waals surface area contributed by atoms with Crippen molar-refractivity contribution in [3.05, 3.63) is 69.5 Å². The first-order valence-electron chi connectivity index (χ1n) is 12.1. The van der Waals surface area contributed by atoms with Gasteiger partial charge in [0.1, 0.15) is 0 Å². The number of piperidine rings is 1. The second-order valence-electron chi connectivity index (χ2n) is 9.62. The lowest BCUT2D eigenvalue weighted by Gasteiger charge is -2.34. The van der Waals surface area contributed by atoms with Gasteiger partial charge in [-0.2, -0.15) is 13.2 Å². The average Bonchev–Trinajstić information content (AvgIpc) is 2.83. The van der Waals surface area contributed by atoms with Gasteiger partial charge < -0.3 is 9.88 Å². The SMILES string of the molecule is CCn1c(=O)cc(C2CCN(CC(F)(F)F)CC2)c2cc(C3(C(=O)NC)C=CC(C)=CC3)ccc21. The zero-order valence-corrected chi connectivity index (χ0v) is 20.4. The lowest BCUT2D eigenvalue weighted by Crippen LogP contribution is -2.42. The Balaban J connectivity index is 1.79. The Hall–Kier alpha value is -2.87. The van der Waals surface area contributed by atoms with Gasteiger partial charge in [-0.1, -0.05) is 29.9 Å². The van der Waals surface area contributed by atoms with E-state index in [-0.39, 0.29) is 17.4 Å². The number of carbonyl (C=O) groups is 1. The highest BCUT2D eigenvalue weighted by Crippen LogP contribution is 2.39. The van der Waals surface area contributed by atoms with Crippen LogP contribution in [0.4, 0.5) is 13.2 Å². The minimum Gasteiger partial charge on any atom is -0.358 e. The van der Waals surface area contributed by atoms with Crippen LogP contribution in [0.1, 0.15) is 50.2 Å². The third-order valence-electron chi connectivity index (χ3n) is 7.41. The lowest BCUT2D eigenvalue weighted by molar-refractivity contribution is -0.147. The zero-order chi connectivity index (χ0) is 25.4. The summed E-state index contributed by atoms with van der Waals surface area (Å²) in [5.74, 6) is -0.126. The van der Waals surface area contributed by atoms with Gasteiger partial charge in [-0.3, -0.25) is 14.5 Å². The number of aromatic nitrogens is 1. The third-order valence-corrected chi connectivity index (χ3v) is 7.41. The predicted molar refractivity (Wildman–Crippen MR) is 132 cm³/mol. The molecule has 2 aliphatic rings. The number of hydrogen-bond donors (Lipinski definition) is 1. The van der Waals surface area contributed by atoms with E-state index in [1.807, 2.05) is 50.3 Å². The molecule has 1 aliphatic heterocycles. The monoisotopic (exact) mass is 487 g/mol. The van der Waals surface area contributed by atoms with Crippen LogP contribution in [0.2, 0.25) is 0 Å². The summed E-state index contributed by atoms with van der Waals surface area (Å²) in [7, 11) is 1.62. The molecule has 2 heterocycles. The summed E-state index contributed by atoms with van der Waals surface area (Å²) in [6, 6.07) is 7.47. The molecular formula is C27H32F3N3O2. The number of allylic oxidation sites excluding steroid dienone is 3. The highest BCUT2D eigenvalue weighted by Gasteiger charge is 2.38.